The molecule has 3 rings (SSSR count). The highest BCUT2D eigenvalue weighted by Crippen LogP contribution is 2.39. The lowest BCUT2D eigenvalue weighted by Gasteiger charge is -2.17. The molecule has 152 valence electrons. The van der Waals surface area contributed by atoms with Gasteiger partial charge < -0.3 is 9.47 Å². The molecule has 0 amide bonds. The van der Waals surface area contributed by atoms with Crippen molar-refractivity contribution in [1.82, 2.24) is 4.98 Å². The summed E-state index contributed by atoms with van der Waals surface area (Å²) in [5, 5.41) is 0. The topological polar surface area (TPSA) is 77.5 Å². The van der Waals surface area contributed by atoms with Crippen molar-refractivity contribution in [3.63, 3.8) is 0 Å². The van der Waals surface area contributed by atoms with E-state index in [2.05, 4.69) is 9.71 Å². The Kier molecular flexibility index (Phi) is 5.64. The Hall–Kier alpha value is -3.27. The van der Waals surface area contributed by atoms with Gasteiger partial charge in [0, 0.05) is 12.4 Å². The Morgan fingerprint density at radius 1 is 0.966 bits per heavy atom. The van der Waals surface area contributed by atoms with Crippen LogP contribution in [0.5, 0.6) is 17.2 Å². The van der Waals surface area contributed by atoms with E-state index >= 15 is 0 Å². The molecule has 0 aliphatic rings. The molecule has 10 heteroatoms. The Labute approximate surface area is 165 Å². The van der Waals surface area contributed by atoms with Crippen LogP contribution in [0, 0.1) is 0 Å². The summed E-state index contributed by atoms with van der Waals surface area (Å²) in [6.07, 6.45) is -2.21. The molecule has 2 aromatic carbocycles. The molecule has 0 saturated heterocycles. The maximum absolute atomic E-state index is 13.2. The maximum Gasteiger partial charge on any atom is 0.416 e. The van der Waals surface area contributed by atoms with E-state index in [1.165, 1.54) is 31.5 Å². The van der Waals surface area contributed by atoms with E-state index in [0.29, 0.717) is 11.8 Å². The second kappa shape index (κ2) is 8.00. The molecular weight excluding hydrogens is 409 g/mol. The van der Waals surface area contributed by atoms with Crippen LogP contribution in [0.1, 0.15) is 5.56 Å². The van der Waals surface area contributed by atoms with Crippen LogP contribution >= 0.6 is 0 Å². The number of pyridine rings is 1. The molecule has 0 spiro atoms. The Bertz CT molecular complexity index is 1100. The zero-order valence-corrected chi connectivity index (χ0v) is 15.8. The normalized spacial score (nSPS) is 11.7. The first-order valence-corrected chi connectivity index (χ1v) is 9.64. The van der Waals surface area contributed by atoms with Crippen LogP contribution in [0.2, 0.25) is 0 Å². The lowest BCUT2D eigenvalue weighted by atomic mass is 10.2. The molecule has 1 N–H and O–H groups in total. The van der Waals surface area contributed by atoms with Crippen molar-refractivity contribution >= 4 is 15.7 Å². The number of para-hydroxylation sites is 2. The Balaban J connectivity index is 2.05. The molecule has 6 nitrogen and oxygen atoms in total. The monoisotopic (exact) mass is 424 g/mol. The van der Waals surface area contributed by atoms with Crippen molar-refractivity contribution in [3.05, 3.63) is 72.6 Å². The highest BCUT2D eigenvalue weighted by molar-refractivity contribution is 7.92. The van der Waals surface area contributed by atoms with Crippen molar-refractivity contribution in [1.29, 1.82) is 0 Å². The van der Waals surface area contributed by atoms with Gasteiger partial charge in [-0.2, -0.15) is 13.2 Å². The fourth-order valence-corrected chi connectivity index (χ4v) is 3.43. The summed E-state index contributed by atoms with van der Waals surface area (Å²) in [6, 6.07) is 11.6. The number of hydrogen-bond donors (Lipinski definition) is 1. The maximum atomic E-state index is 13.2. The summed E-state index contributed by atoms with van der Waals surface area (Å²) in [5.41, 5.74) is -1.41. The van der Waals surface area contributed by atoms with Crippen LogP contribution in [0.25, 0.3) is 0 Å². The van der Waals surface area contributed by atoms with Gasteiger partial charge in [0.05, 0.1) is 18.4 Å². The van der Waals surface area contributed by atoms with Crippen molar-refractivity contribution in [2.24, 2.45) is 0 Å². The number of nitrogens with one attached hydrogen (secondary N) is 1. The molecule has 1 heterocycles. The van der Waals surface area contributed by atoms with Crippen LogP contribution in [-0.4, -0.2) is 20.5 Å². The predicted molar refractivity (Wildman–Crippen MR) is 99.6 cm³/mol. The van der Waals surface area contributed by atoms with Gasteiger partial charge in [-0.25, -0.2) is 8.42 Å². The summed E-state index contributed by atoms with van der Waals surface area (Å²) in [5.74, 6) is 0.403. The lowest BCUT2D eigenvalue weighted by molar-refractivity contribution is -0.137. The number of hydrogen-bond acceptors (Lipinski definition) is 5. The molecule has 0 fully saturated rings. The van der Waals surface area contributed by atoms with Crippen molar-refractivity contribution in [3.8, 4) is 17.2 Å². The summed E-state index contributed by atoms with van der Waals surface area (Å²) >= 11 is 0. The quantitative estimate of drug-likeness (QED) is 0.621. The van der Waals surface area contributed by atoms with Gasteiger partial charge in [-0.1, -0.05) is 12.1 Å². The highest BCUT2D eigenvalue weighted by atomic mass is 32.2. The molecule has 3 aromatic rings. The predicted octanol–water partition coefficient (Wildman–Crippen LogP) is 4.70. The molecule has 0 radical (unpaired) electrons. The van der Waals surface area contributed by atoms with Crippen molar-refractivity contribution in [2.45, 2.75) is 11.1 Å². The van der Waals surface area contributed by atoms with Crippen LogP contribution in [-0.2, 0) is 16.2 Å². The minimum atomic E-state index is -4.67. The van der Waals surface area contributed by atoms with Gasteiger partial charge >= 0.3 is 6.18 Å². The molecular formula is C19H15F3N2O4S. The van der Waals surface area contributed by atoms with Crippen LogP contribution in [0.4, 0.5) is 18.9 Å². The van der Waals surface area contributed by atoms with Gasteiger partial charge in [-0.05, 0) is 42.5 Å². The van der Waals surface area contributed by atoms with E-state index in [1.54, 1.807) is 18.2 Å². The number of ether oxygens (including phenoxy) is 2. The summed E-state index contributed by atoms with van der Waals surface area (Å²) < 4.78 is 77.6. The van der Waals surface area contributed by atoms with Gasteiger partial charge in [0.2, 0.25) is 0 Å². The Morgan fingerprint density at radius 2 is 1.69 bits per heavy atom. The zero-order chi connectivity index (χ0) is 21.1. The third-order valence-corrected chi connectivity index (χ3v) is 5.14. The fourth-order valence-electron chi connectivity index (χ4n) is 2.41. The average molecular weight is 424 g/mol. The third-order valence-electron chi connectivity index (χ3n) is 3.78. The minimum absolute atomic E-state index is 0.130. The van der Waals surface area contributed by atoms with Gasteiger partial charge in [0.25, 0.3) is 10.0 Å². The summed E-state index contributed by atoms with van der Waals surface area (Å²) in [4.78, 5) is 3.51. The minimum Gasteiger partial charge on any atom is -0.493 e. The van der Waals surface area contributed by atoms with E-state index in [0.717, 1.165) is 18.3 Å². The van der Waals surface area contributed by atoms with Crippen molar-refractivity contribution < 1.29 is 31.1 Å². The number of sulfonamides is 1. The molecule has 0 bridgehead atoms. The van der Waals surface area contributed by atoms with Gasteiger partial charge in [0.1, 0.15) is 4.90 Å². The lowest BCUT2D eigenvalue weighted by Crippen LogP contribution is -2.15. The first-order chi connectivity index (χ1) is 13.7. The molecule has 29 heavy (non-hydrogen) atoms. The third kappa shape index (κ3) is 4.77. The van der Waals surface area contributed by atoms with Gasteiger partial charge in [-0.15, -0.1) is 0 Å². The number of benzene rings is 2. The number of alkyl halides is 3. The summed E-state index contributed by atoms with van der Waals surface area (Å²) in [6.45, 7) is 0. The van der Waals surface area contributed by atoms with E-state index in [4.69, 9.17) is 9.47 Å². The smallest absolute Gasteiger partial charge is 0.416 e. The first kappa shape index (κ1) is 20.5. The number of aromatic nitrogens is 1. The average Bonchev–Trinajstić information content (AvgIpc) is 2.69. The van der Waals surface area contributed by atoms with Crippen molar-refractivity contribution in [2.75, 3.05) is 11.8 Å². The van der Waals surface area contributed by atoms with Crippen LogP contribution in [0.15, 0.2) is 71.9 Å². The standard InChI is InChI=1S/C19H15F3N2O4S/c1-27-17-6-2-3-7-18(17)28-16-9-8-13(19(20,21)22)11-15(16)24-29(25,26)14-5-4-10-23-12-14/h2-12,24H,1H3. The molecule has 0 unspecified atom stereocenters. The van der Waals surface area contributed by atoms with Gasteiger partial charge in [-0.3, -0.25) is 9.71 Å². The van der Waals surface area contributed by atoms with Gasteiger partial charge in [0.15, 0.2) is 17.2 Å². The van der Waals surface area contributed by atoms with E-state index in [9.17, 15) is 21.6 Å². The second-order valence-corrected chi connectivity index (χ2v) is 7.44. The van der Waals surface area contributed by atoms with Crippen LogP contribution in [0.3, 0.4) is 0 Å². The number of halogens is 3. The fraction of sp³-hybridized carbons (Fsp3) is 0.105. The van der Waals surface area contributed by atoms with Crippen LogP contribution < -0.4 is 14.2 Å². The van der Waals surface area contributed by atoms with E-state index < -0.39 is 21.8 Å². The zero-order valence-electron chi connectivity index (χ0n) is 15.0. The number of rotatable bonds is 6. The number of methoxy groups -OCH3 is 1. The van der Waals surface area contributed by atoms with E-state index in [1.807, 2.05) is 0 Å². The Morgan fingerprint density at radius 3 is 2.31 bits per heavy atom. The molecule has 0 aliphatic carbocycles. The highest BCUT2D eigenvalue weighted by Gasteiger charge is 2.32. The molecule has 0 aliphatic heterocycles. The number of anilines is 1. The SMILES string of the molecule is COc1ccccc1Oc1ccc(C(F)(F)F)cc1NS(=O)(=O)c1cccnc1. The first-order valence-electron chi connectivity index (χ1n) is 8.15. The number of nitrogens with zero attached hydrogens (tertiary/aromatic N) is 1. The summed E-state index contributed by atoms with van der Waals surface area (Å²) in [7, 11) is -2.79. The second-order valence-electron chi connectivity index (χ2n) is 5.76. The van der Waals surface area contributed by atoms with E-state index in [-0.39, 0.29) is 22.1 Å². The molecule has 1 aromatic heterocycles. The molecule has 0 saturated carbocycles. The molecule has 0 atom stereocenters. The largest absolute Gasteiger partial charge is 0.493 e.